The molecule has 1 fully saturated rings. The summed E-state index contributed by atoms with van der Waals surface area (Å²) in [7, 11) is 0. The zero-order valence-corrected chi connectivity index (χ0v) is 21.7. The van der Waals surface area contributed by atoms with Crippen LogP contribution in [0.3, 0.4) is 0 Å². The van der Waals surface area contributed by atoms with Gasteiger partial charge < -0.3 is 19.4 Å². The van der Waals surface area contributed by atoms with Crippen molar-refractivity contribution < 1.29 is 18.7 Å². The maximum atomic E-state index is 14.2. The predicted molar refractivity (Wildman–Crippen MR) is 141 cm³/mol. The lowest BCUT2D eigenvalue weighted by molar-refractivity contribution is -0.123. The molecule has 38 heavy (non-hydrogen) atoms. The minimum absolute atomic E-state index is 0.0676. The Balaban J connectivity index is 1.69. The van der Waals surface area contributed by atoms with Gasteiger partial charge in [-0.2, -0.15) is 5.26 Å². The second kappa shape index (κ2) is 10.6. The number of amidine groups is 1. The van der Waals surface area contributed by atoms with Crippen molar-refractivity contribution in [3.8, 4) is 11.8 Å². The van der Waals surface area contributed by atoms with Crippen LogP contribution in [0, 0.1) is 11.3 Å². The van der Waals surface area contributed by atoms with E-state index in [0.29, 0.717) is 46.6 Å². The van der Waals surface area contributed by atoms with Crippen LogP contribution in [0.15, 0.2) is 70.3 Å². The Hall–Kier alpha value is -4.29. The van der Waals surface area contributed by atoms with E-state index in [2.05, 4.69) is 11.4 Å². The van der Waals surface area contributed by atoms with E-state index >= 15 is 0 Å². The molecule has 2 atom stereocenters. The molecule has 3 aromatic rings. The number of ether oxygens (including phenoxy) is 1. The van der Waals surface area contributed by atoms with E-state index in [0.717, 1.165) is 5.56 Å². The summed E-state index contributed by atoms with van der Waals surface area (Å²) >= 11 is 6.16. The fourth-order valence-electron chi connectivity index (χ4n) is 4.69. The number of furan rings is 1. The summed E-state index contributed by atoms with van der Waals surface area (Å²) in [6, 6.07) is 16.5. The molecule has 10 heteroatoms. The van der Waals surface area contributed by atoms with Gasteiger partial charge in [0.25, 0.3) is 0 Å². The van der Waals surface area contributed by atoms with Crippen LogP contribution in [0.4, 0.5) is 4.79 Å². The summed E-state index contributed by atoms with van der Waals surface area (Å²) in [4.78, 5) is 34.5. The Morgan fingerprint density at radius 1 is 1.24 bits per heavy atom. The van der Waals surface area contributed by atoms with Gasteiger partial charge in [-0.15, -0.1) is 0 Å². The molecule has 1 saturated heterocycles. The quantitative estimate of drug-likeness (QED) is 0.513. The first-order valence-electron chi connectivity index (χ1n) is 12.3. The molecule has 2 aromatic carbocycles. The van der Waals surface area contributed by atoms with Crippen LogP contribution >= 0.6 is 11.6 Å². The number of urea groups is 1. The second-order valence-corrected chi connectivity index (χ2v) is 9.76. The number of carbonyl (C=O) groups excluding carboxylic acids is 2. The van der Waals surface area contributed by atoms with Crippen molar-refractivity contribution in [2.75, 3.05) is 19.6 Å². The highest BCUT2D eigenvalue weighted by Crippen LogP contribution is 2.45. The molecule has 0 spiro atoms. The Labute approximate surface area is 225 Å². The number of nitrogens with one attached hydrogen (secondary N) is 1. The minimum Gasteiger partial charge on any atom is -0.490 e. The molecule has 0 aliphatic carbocycles. The molecule has 5 rings (SSSR count). The van der Waals surface area contributed by atoms with Crippen LogP contribution in [-0.2, 0) is 4.79 Å². The van der Waals surface area contributed by atoms with Crippen molar-refractivity contribution in [3.63, 3.8) is 0 Å². The van der Waals surface area contributed by atoms with Gasteiger partial charge >= 0.3 is 6.03 Å². The maximum absolute atomic E-state index is 14.2. The van der Waals surface area contributed by atoms with Gasteiger partial charge in [0.2, 0.25) is 5.91 Å². The van der Waals surface area contributed by atoms with Gasteiger partial charge in [0.1, 0.15) is 36.0 Å². The zero-order valence-electron chi connectivity index (χ0n) is 20.9. The number of amides is 3. The van der Waals surface area contributed by atoms with E-state index in [1.165, 1.54) is 4.90 Å². The summed E-state index contributed by atoms with van der Waals surface area (Å²) in [6.45, 7) is 4.41. The van der Waals surface area contributed by atoms with E-state index in [9.17, 15) is 14.9 Å². The molecule has 1 N–H and O–H groups in total. The molecule has 0 saturated carbocycles. The lowest BCUT2D eigenvalue weighted by Crippen LogP contribution is -2.55. The maximum Gasteiger partial charge on any atom is 0.326 e. The third-order valence-electron chi connectivity index (χ3n) is 6.34. The highest BCUT2D eigenvalue weighted by atomic mass is 35.5. The topological polar surface area (TPSA) is 111 Å². The number of piperazine rings is 1. The molecule has 2 aliphatic rings. The number of benzene rings is 2. The molecular weight excluding hydrogens is 506 g/mol. The highest BCUT2D eigenvalue weighted by molar-refractivity contribution is 6.30. The van der Waals surface area contributed by atoms with Crippen LogP contribution in [0.5, 0.6) is 5.75 Å². The van der Waals surface area contributed by atoms with Crippen LogP contribution in [-0.4, -0.2) is 53.3 Å². The largest absolute Gasteiger partial charge is 0.490 e. The van der Waals surface area contributed by atoms with Crippen molar-refractivity contribution >= 4 is 29.4 Å². The number of aliphatic imine (C=N–C) groups is 1. The van der Waals surface area contributed by atoms with Gasteiger partial charge in [0.05, 0.1) is 29.6 Å². The summed E-state index contributed by atoms with van der Waals surface area (Å²) in [5.41, 5.74) is 1.81. The van der Waals surface area contributed by atoms with Gasteiger partial charge in [-0.1, -0.05) is 23.7 Å². The number of nitrogens with zero attached hydrogens (tertiary/aromatic N) is 4. The van der Waals surface area contributed by atoms with Crippen molar-refractivity contribution in [2.24, 2.45) is 4.99 Å². The first kappa shape index (κ1) is 25.4. The van der Waals surface area contributed by atoms with E-state index in [1.54, 1.807) is 53.6 Å². The molecule has 3 heterocycles. The van der Waals surface area contributed by atoms with E-state index in [-0.39, 0.29) is 24.6 Å². The molecule has 9 nitrogen and oxygen atoms in total. The van der Waals surface area contributed by atoms with Crippen LogP contribution in [0.25, 0.3) is 0 Å². The van der Waals surface area contributed by atoms with Crippen LogP contribution in [0.1, 0.15) is 48.4 Å². The number of carbonyl (C=O) groups is 2. The fourth-order valence-corrected chi connectivity index (χ4v) is 4.81. The Morgan fingerprint density at radius 3 is 2.68 bits per heavy atom. The average molecular weight is 532 g/mol. The van der Waals surface area contributed by atoms with Gasteiger partial charge in [-0.3, -0.25) is 14.7 Å². The minimum atomic E-state index is -0.638. The molecule has 2 aliphatic heterocycles. The molecule has 0 unspecified atom stereocenters. The SMILES string of the molecule is CC(C)Oc1cc(C#N)ccc1C1=N[C@@H](c2ccc(Cl)cc2)[C@@H](c2ccco2)N1C(=O)N1CCNC(=O)C1. The highest BCUT2D eigenvalue weighted by Gasteiger charge is 2.46. The number of hydrogen-bond donors (Lipinski definition) is 1. The average Bonchev–Trinajstić information content (AvgIpc) is 3.56. The number of rotatable bonds is 5. The van der Waals surface area contributed by atoms with Crippen LogP contribution < -0.4 is 10.1 Å². The van der Waals surface area contributed by atoms with Gasteiger partial charge in [-0.05, 0) is 61.9 Å². The molecule has 1 aromatic heterocycles. The molecule has 0 radical (unpaired) electrons. The van der Waals surface area contributed by atoms with Crippen molar-refractivity contribution in [1.82, 2.24) is 15.1 Å². The lowest BCUT2D eigenvalue weighted by Gasteiger charge is -2.35. The third kappa shape index (κ3) is 4.95. The Morgan fingerprint density at radius 2 is 2.03 bits per heavy atom. The third-order valence-corrected chi connectivity index (χ3v) is 6.59. The first-order valence-corrected chi connectivity index (χ1v) is 12.7. The number of nitriles is 1. The fraction of sp³-hybridized carbons (Fsp3) is 0.286. The Kier molecular flexibility index (Phi) is 7.07. The van der Waals surface area contributed by atoms with Gasteiger partial charge in [-0.25, -0.2) is 4.79 Å². The smallest absolute Gasteiger partial charge is 0.326 e. The van der Waals surface area contributed by atoms with Crippen molar-refractivity contribution in [1.29, 1.82) is 5.26 Å². The lowest BCUT2D eigenvalue weighted by atomic mass is 9.98. The van der Waals surface area contributed by atoms with E-state index < -0.39 is 12.1 Å². The molecule has 194 valence electrons. The monoisotopic (exact) mass is 531 g/mol. The standard InChI is InChI=1S/C28H26ClN5O4/c1-17(2)38-23-14-18(15-30)5-10-21(23)27-32-25(19-6-8-20(29)9-7-19)26(22-4-3-13-37-22)34(27)28(36)33-12-11-31-24(35)16-33/h3-10,13-14,17,25-26H,11-12,16H2,1-2H3,(H,31,35)/t25-,26+/m0/s1. The zero-order chi connectivity index (χ0) is 26.8. The molecule has 0 bridgehead atoms. The summed E-state index contributed by atoms with van der Waals surface area (Å²) in [6.07, 6.45) is 1.37. The number of halogens is 1. The summed E-state index contributed by atoms with van der Waals surface area (Å²) in [5, 5.41) is 12.8. The first-order chi connectivity index (χ1) is 18.4. The van der Waals surface area contributed by atoms with Crippen LogP contribution in [0.2, 0.25) is 5.02 Å². The molecular formula is C28H26ClN5O4. The summed E-state index contributed by atoms with van der Waals surface area (Å²) in [5.74, 6) is 1.11. The van der Waals surface area contributed by atoms with Gasteiger partial charge in [0.15, 0.2) is 0 Å². The second-order valence-electron chi connectivity index (χ2n) is 9.32. The van der Waals surface area contributed by atoms with Crippen molar-refractivity contribution in [3.05, 3.63) is 88.3 Å². The van der Waals surface area contributed by atoms with E-state index in [1.807, 2.05) is 26.0 Å². The summed E-state index contributed by atoms with van der Waals surface area (Å²) < 4.78 is 11.9. The predicted octanol–water partition coefficient (Wildman–Crippen LogP) is 4.69. The number of hydrogen-bond acceptors (Lipinski definition) is 6. The van der Waals surface area contributed by atoms with E-state index in [4.69, 9.17) is 25.7 Å². The normalized spacial score (nSPS) is 19.2. The Bertz CT molecular complexity index is 1410. The van der Waals surface area contributed by atoms with Gasteiger partial charge in [0, 0.05) is 18.1 Å². The molecule has 3 amide bonds. The van der Waals surface area contributed by atoms with Crippen molar-refractivity contribution in [2.45, 2.75) is 32.0 Å².